The lowest BCUT2D eigenvalue weighted by Crippen LogP contribution is -2.40. The molecule has 0 bridgehead atoms. The molecule has 0 saturated carbocycles. The molecule has 3 aromatic rings. The number of pyridine rings is 1. The van der Waals surface area contributed by atoms with Crippen LogP contribution in [-0.4, -0.2) is 43.4 Å². The molecule has 1 aliphatic rings. The van der Waals surface area contributed by atoms with Crippen molar-refractivity contribution in [2.24, 2.45) is 0 Å². The van der Waals surface area contributed by atoms with Crippen molar-refractivity contribution >= 4 is 17.2 Å². The Morgan fingerprint density at radius 2 is 2.27 bits per heavy atom. The molecule has 4 heterocycles. The number of imidazole rings is 1. The standard InChI is InChI=1S/C19H21N5OS/c1-14-4-2-6-17(22-14)19(25)24-8-3-5-15(10-24)18-20-7-9-23(18)11-16-12-26-13-21-16/h2,4,6-7,9,12-13,15H,3,5,8,10-11H2,1H3. The lowest BCUT2D eigenvalue weighted by Gasteiger charge is -2.32. The van der Waals surface area contributed by atoms with Crippen molar-refractivity contribution in [3.63, 3.8) is 0 Å². The summed E-state index contributed by atoms with van der Waals surface area (Å²) < 4.78 is 2.15. The molecule has 1 unspecified atom stereocenters. The van der Waals surface area contributed by atoms with E-state index in [9.17, 15) is 4.79 Å². The van der Waals surface area contributed by atoms with Crippen LogP contribution in [0.15, 0.2) is 41.5 Å². The van der Waals surface area contributed by atoms with Gasteiger partial charge >= 0.3 is 0 Å². The van der Waals surface area contributed by atoms with Crippen LogP contribution in [0.2, 0.25) is 0 Å². The van der Waals surface area contributed by atoms with E-state index < -0.39 is 0 Å². The van der Waals surface area contributed by atoms with Crippen molar-refractivity contribution < 1.29 is 4.79 Å². The van der Waals surface area contributed by atoms with Gasteiger partial charge < -0.3 is 9.47 Å². The number of carbonyl (C=O) groups is 1. The van der Waals surface area contributed by atoms with Gasteiger partial charge in [0.05, 0.1) is 17.7 Å². The predicted octanol–water partition coefficient (Wildman–Crippen LogP) is 3.11. The number of rotatable bonds is 4. The zero-order valence-corrected chi connectivity index (χ0v) is 15.5. The van der Waals surface area contributed by atoms with E-state index in [-0.39, 0.29) is 11.8 Å². The summed E-state index contributed by atoms with van der Waals surface area (Å²) in [5.41, 5.74) is 4.28. The van der Waals surface area contributed by atoms with Gasteiger partial charge in [-0.1, -0.05) is 6.07 Å². The average molecular weight is 367 g/mol. The zero-order valence-electron chi connectivity index (χ0n) is 14.7. The summed E-state index contributed by atoms with van der Waals surface area (Å²) in [4.78, 5) is 28.1. The van der Waals surface area contributed by atoms with E-state index in [0.717, 1.165) is 43.1 Å². The number of piperidine rings is 1. The van der Waals surface area contributed by atoms with Crippen LogP contribution in [0, 0.1) is 6.92 Å². The molecule has 0 aliphatic carbocycles. The number of amides is 1. The molecule has 26 heavy (non-hydrogen) atoms. The summed E-state index contributed by atoms with van der Waals surface area (Å²) in [6.07, 6.45) is 5.85. The molecule has 1 fully saturated rings. The number of thiazole rings is 1. The second kappa shape index (κ2) is 7.37. The van der Waals surface area contributed by atoms with E-state index in [1.807, 2.05) is 41.9 Å². The molecule has 3 aromatic heterocycles. The number of nitrogens with zero attached hydrogens (tertiary/aromatic N) is 5. The number of hydrogen-bond donors (Lipinski definition) is 0. The number of carbonyl (C=O) groups excluding carboxylic acids is 1. The third-order valence-electron chi connectivity index (χ3n) is 4.74. The highest BCUT2D eigenvalue weighted by atomic mass is 32.1. The minimum Gasteiger partial charge on any atom is -0.337 e. The lowest BCUT2D eigenvalue weighted by molar-refractivity contribution is 0.0697. The van der Waals surface area contributed by atoms with Gasteiger partial charge in [0.1, 0.15) is 11.5 Å². The Hall–Kier alpha value is -2.54. The van der Waals surface area contributed by atoms with E-state index in [2.05, 4.69) is 24.9 Å². The molecule has 0 N–H and O–H groups in total. The zero-order chi connectivity index (χ0) is 17.9. The molecular weight excluding hydrogens is 346 g/mol. The van der Waals surface area contributed by atoms with E-state index in [1.165, 1.54) is 0 Å². The van der Waals surface area contributed by atoms with E-state index in [0.29, 0.717) is 12.2 Å². The quantitative estimate of drug-likeness (QED) is 0.711. The topological polar surface area (TPSA) is 63.9 Å². The normalized spacial score (nSPS) is 17.4. The van der Waals surface area contributed by atoms with Crippen molar-refractivity contribution in [2.45, 2.75) is 32.2 Å². The lowest BCUT2D eigenvalue weighted by atomic mass is 9.96. The van der Waals surface area contributed by atoms with Crippen molar-refractivity contribution in [3.05, 3.63) is 64.4 Å². The maximum atomic E-state index is 12.8. The summed E-state index contributed by atoms with van der Waals surface area (Å²) in [7, 11) is 0. The molecule has 1 aliphatic heterocycles. The number of hydrogen-bond acceptors (Lipinski definition) is 5. The van der Waals surface area contributed by atoms with Gasteiger partial charge in [0.25, 0.3) is 5.91 Å². The first-order valence-electron chi connectivity index (χ1n) is 8.82. The van der Waals surface area contributed by atoms with E-state index in [4.69, 9.17) is 0 Å². The molecule has 0 spiro atoms. The Labute approximate surface area is 156 Å². The monoisotopic (exact) mass is 367 g/mol. The van der Waals surface area contributed by atoms with Gasteiger partial charge in [0.15, 0.2) is 0 Å². The smallest absolute Gasteiger partial charge is 0.272 e. The van der Waals surface area contributed by atoms with Gasteiger partial charge in [-0.05, 0) is 31.9 Å². The average Bonchev–Trinajstić information content (AvgIpc) is 3.34. The Morgan fingerprint density at radius 3 is 3.08 bits per heavy atom. The Morgan fingerprint density at radius 1 is 1.35 bits per heavy atom. The summed E-state index contributed by atoms with van der Waals surface area (Å²) in [6.45, 7) is 4.09. The largest absolute Gasteiger partial charge is 0.337 e. The highest BCUT2D eigenvalue weighted by Gasteiger charge is 2.28. The molecule has 7 heteroatoms. The molecule has 6 nitrogen and oxygen atoms in total. The minimum absolute atomic E-state index is 0.0102. The van der Waals surface area contributed by atoms with Crippen LogP contribution in [0.1, 0.15) is 46.5 Å². The SMILES string of the molecule is Cc1cccc(C(=O)N2CCCC(c3nccn3Cc3cscn3)C2)n1. The fourth-order valence-electron chi connectivity index (χ4n) is 3.50. The number of aryl methyl sites for hydroxylation is 1. The Kier molecular flexibility index (Phi) is 4.79. The first-order chi connectivity index (χ1) is 12.7. The number of likely N-dealkylation sites (tertiary alicyclic amines) is 1. The second-order valence-corrected chi connectivity index (χ2v) is 7.37. The summed E-state index contributed by atoms with van der Waals surface area (Å²) in [6, 6.07) is 5.59. The van der Waals surface area contributed by atoms with Crippen molar-refractivity contribution in [1.29, 1.82) is 0 Å². The van der Waals surface area contributed by atoms with Crippen LogP contribution in [0.5, 0.6) is 0 Å². The van der Waals surface area contributed by atoms with Gasteiger partial charge in [-0.2, -0.15) is 0 Å². The van der Waals surface area contributed by atoms with E-state index in [1.54, 1.807) is 17.4 Å². The van der Waals surface area contributed by atoms with Crippen LogP contribution >= 0.6 is 11.3 Å². The van der Waals surface area contributed by atoms with Gasteiger partial charge in [-0.15, -0.1) is 11.3 Å². The van der Waals surface area contributed by atoms with Crippen molar-refractivity contribution in [2.75, 3.05) is 13.1 Å². The summed E-state index contributed by atoms with van der Waals surface area (Å²) >= 11 is 1.60. The third-order valence-corrected chi connectivity index (χ3v) is 5.38. The molecular formula is C19H21N5OS. The molecule has 4 rings (SSSR count). The number of aromatic nitrogens is 4. The van der Waals surface area contributed by atoms with Crippen LogP contribution in [0.3, 0.4) is 0 Å². The summed E-state index contributed by atoms with van der Waals surface area (Å²) in [5, 5.41) is 2.06. The summed E-state index contributed by atoms with van der Waals surface area (Å²) in [5.74, 6) is 1.29. The Balaban J connectivity index is 1.51. The fourth-order valence-corrected chi connectivity index (χ4v) is 4.05. The molecule has 1 atom stereocenters. The van der Waals surface area contributed by atoms with Crippen LogP contribution in [-0.2, 0) is 6.54 Å². The predicted molar refractivity (Wildman–Crippen MR) is 100 cm³/mol. The van der Waals surface area contributed by atoms with Gasteiger partial charge in [-0.25, -0.2) is 15.0 Å². The highest BCUT2D eigenvalue weighted by molar-refractivity contribution is 7.07. The fraction of sp³-hybridized carbons (Fsp3) is 0.368. The third kappa shape index (κ3) is 3.53. The Bertz CT molecular complexity index is 889. The maximum absolute atomic E-state index is 12.8. The van der Waals surface area contributed by atoms with Crippen LogP contribution in [0.4, 0.5) is 0 Å². The van der Waals surface area contributed by atoms with Crippen LogP contribution < -0.4 is 0 Å². The second-order valence-electron chi connectivity index (χ2n) is 6.65. The van der Waals surface area contributed by atoms with Gasteiger partial charge in [0.2, 0.25) is 0 Å². The van der Waals surface area contributed by atoms with Crippen molar-refractivity contribution in [3.8, 4) is 0 Å². The van der Waals surface area contributed by atoms with E-state index >= 15 is 0 Å². The molecule has 1 amide bonds. The maximum Gasteiger partial charge on any atom is 0.272 e. The van der Waals surface area contributed by atoms with Crippen LogP contribution in [0.25, 0.3) is 0 Å². The first kappa shape index (κ1) is 16.9. The molecule has 0 radical (unpaired) electrons. The molecule has 1 saturated heterocycles. The highest BCUT2D eigenvalue weighted by Crippen LogP contribution is 2.27. The van der Waals surface area contributed by atoms with Gasteiger partial charge in [-0.3, -0.25) is 4.79 Å². The minimum atomic E-state index is 0.0102. The van der Waals surface area contributed by atoms with Crippen molar-refractivity contribution in [1.82, 2.24) is 24.4 Å². The molecule has 0 aromatic carbocycles. The molecule has 134 valence electrons. The van der Waals surface area contributed by atoms with Gasteiger partial charge in [0, 0.05) is 42.5 Å². The first-order valence-corrected chi connectivity index (χ1v) is 9.76.